The standard InChI is InChI=1S/C53H37NO/c1-36-47-17-6-7-22-52(47)55-53(36)43-15-8-16-46(35-43)54(45-33-29-42(30-34-45)51-21-10-14-40-12-3-5-19-49(40)51)44-31-27-38(28-32-44)37-23-25-41(26-24-37)50-20-9-13-39-11-2-4-18-48(39)50/h2-35H,1H3. The van der Waals surface area contributed by atoms with E-state index in [9.17, 15) is 0 Å². The summed E-state index contributed by atoms with van der Waals surface area (Å²) < 4.78 is 6.43. The molecule has 0 aliphatic carbocycles. The van der Waals surface area contributed by atoms with Crippen LogP contribution >= 0.6 is 0 Å². The number of furan rings is 1. The van der Waals surface area contributed by atoms with E-state index < -0.39 is 0 Å². The summed E-state index contributed by atoms with van der Waals surface area (Å²) in [7, 11) is 0. The van der Waals surface area contributed by atoms with Crippen molar-refractivity contribution in [1.82, 2.24) is 0 Å². The van der Waals surface area contributed by atoms with Crippen molar-refractivity contribution in [2.75, 3.05) is 4.90 Å². The Balaban J connectivity index is 1.03. The Morgan fingerprint density at radius 2 is 0.800 bits per heavy atom. The first kappa shape index (κ1) is 32.5. The average Bonchev–Trinajstić information content (AvgIpc) is 3.60. The number of rotatable bonds is 7. The zero-order chi connectivity index (χ0) is 36.7. The monoisotopic (exact) mass is 703 g/mol. The lowest BCUT2D eigenvalue weighted by molar-refractivity contribution is 0.629. The highest BCUT2D eigenvalue weighted by atomic mass is 16.3. The van der Waals surface area contributed by atoms with E-state index in [0.29, 0.717) is 0 Å². The van der Waals surface area contributed by atoms with E-state index in [0.717, 1.165) is 44.9 Å². The number of aryl methyl sites for hydroxylation is 1. The normalized spacial score (nSPS) is 11.4. The average molecular weight is 704 g/mol. The van der Waals surface area contributed by atoms with E-state index >= 15 is 0 Å². The van der Waals surface area contributed by atoms with Crippen molar-refractivity contribution >= 4 is 49.6 Å². The van der Waals surface area contributed by atoms with Gasteiger partial charge in [0, 0.05) is 33.6 Å². The number of benzene rings is 9. The molecule has 10 rings (SSSR count). The minimum absolute atomic E-state index is 0.900. The molecular formula is C53H37NO. The fourth-order valence-corrected chi connectivity index (χ4v) is 8.07. The molecule has 1 aromatic heterocycles. The maximum Gasteiger partial charge on any atom is 0.138 e. The molecule has 2 heteroatoms. The second-order valence-electron chi connectivity index (χ2n) is 14.2. The van der Waals surface area contributed by atoms with Gasteiger partial charge in [-0.15, -0.1) is 0 Å². The van der Waals surface area contributed by atoms with Crippen molar-refractivity contribution in [3.05, 3.63) is 212 Å². The van der Waals surface area contributed by atoms with Gasteiger partial charge in [0.2, 0.25) is 0 Å². The molecule has 0 atom stereocenters. The smallest absolute Gasteiger partial charge is 0.138 e. The lowest BCUT2D eigenvalue weighted by atomic mass is 9.96. The molecule has 0 fully saturated rings. The summed E-state index contributed by atoms with van der Waals surface area (Å²) in [6.45, 7) is 2.14. The molecule has 9 aromatic carbocycles. The van der Waals surface area contributed by atoms with E-state index in [4.69, 9.17) is 4.42 Å². The summed E-state index contributed by atoms with van der Waals surface area (Å²) in [5, 5.41) is 6.16. The van der Waals surface area contributed by atoms with E-state index in [-0.39, 0.29) is 0 Å². The second-order valence-corrected chi connectivity index (χ2v) is 14.2. The molecule has 10 aromatic rings. The van der Waals surface area contributed by atoms with E-state index in [1.165, 1.54) is 54.9 Å². The zero-order valence-electron chi connectivity index (χ0n) is 30.5. The summed E-state index contributed by atoms with van der Waals surface area (Å²) >= 11 is 0. The highest BCUT2D eigenvalue weighted by Gasteiger charge is 2.18. The molecule has 0 saturated heterocycles. The molecule has 0 N–H and O–H groups in total. The summed E-state index contributed by atoms with van der Waals surface area (Å²) in [6.07, 6.45) is 0. The quantitative estimate of drug-likeness (QED) is 0.164. The Labute approximate surface area is 321 Å². The van der Waals surface area contributed by atoms with Crippen molar-refractivity contribution in [3.63, 3.8) is 0 Å². The highest BCUT2D eigenvalue weighted by molar-refractivity contribution is 5.98. The van der Waals surface area contributed by atoms with Gasteiger partial charge in [0.25, 0.3) is 0 Å². The number of fused-ring (bicyclic) bond motifs is 3. The minimum Gasteiger partial charge on any atom is -0.456 e. The molecular weight excluding hydrogens is 667 g/mol. The van der Waals surface area contributed by atoms with Gasteiger partial charge in [-0.2, -0.15) is 0 Å². The van der Waals surface area contributed by atoms with E-state index in [1.807, 2.05) is 12.1 Å². The van der Waals surface area contributed by atoms with Crippen LogP contribution in [0.25, 0.3) is 77.2 Å². The maximum absolute atomic E-state index is 6.43. The zero-order valence-corrected chi connectivity index (χ0v) is 30.5. The largest absolute Gasteiger partial charge is 0.456 e. The molecule has 0 spiro atoms. The Bertz CT molecular complexity index is 2960. The molecule has 1 heterocycles. The van der Waals surface area contributed by atoms with Crippen LogP contribution in [0.4, 0.5) is 17.1 Å². The fourth-order valence-electron chi connectivity index (χ4n) is 8.07. The van der Waals surface area contributed by atoms with Crippen molar-refractivity contribution in [3.8, 4) is 44.7 Å². The molecule has 2 nitrogen and oxygen atoms in total. The van der Waals surface area contributed by atoms with Gasteiger partial charge in [-0.3, -0.25) is 0 Å². The molecule has 0 amide bonds. The Morgan fingerprint density at radius 3 is 1.38 bits per heavy atom. The molecule has 260 valence electrons. The number of para-hydroxylation sites is 1. The highest BCUT2D eigenvalue weighted by Crippen LogP contribution is 2.41. The van der Waals surface area contributed by atoms with Crippen LogP contribution in [0, 0.1) is 6.92 Å². The summed E-state index contributed by atoms with van der Waals surface area (Å²) in [6, 6.07) is 74.0. The van der Waals surface area contributed by atoms with Crippen molar-refractivity contribution < 1.29 is 4.42 Å². The molecule has 0 radical (unpaired) electrons. The number of hydrogen-bond donors (Lipinski definition) is 0. The van der Waals surface area contributed by atoms with Gasteiger partial charge in [-0.05, 0) is 104 Å². The van der Waals surface area contributed by atoms with Crippen LogP contribution in [0.3, 0.4) is 0 Å². The minimum atomic E-state index is 0.900. The summed E-state index contributed by atoms with van der Waals surface area (Å²) in [5.41, 5.74) is 13.6. The van der Waals surface area contributed by atoms with Gasteiger partial charge < -0.3 is 9.32 Å². The third-order valence-corrected chi connectivity index (χ3v) is 10.9. The van der Waals surface area contributed by atoms with Gasteiger partial charge in [-0.25, -0.2) is 0 Å². The Hall–Kier alpha value is -7.16. The van der Waals surface area contributed by atoms with Crippen molar-refractivity contribution in [2.45, 2.75) is 6.92 Å². The van der Waals surface area contributed by atoms with E-state index in [2.05, 4.69) is 206 Å². The molecule has 0 aliphatic heterocycles. The summed E-state index contributed by atoms with van der Waals surface area (Å²) in [4.78, 5) is 2.34. The predicted molar refractivity (Wildman–Crippen MR) is 232 cm³/mol. The van der Waals surface area contributed by atoms with Crippen molar-refractivity contribution in [1.29, 1.82) is 0 Å². The fraction of sp³-hybridized carbons (Fsp3) is 0.0189. The van der Waals surface area contributed by atoms with Crippen LogP contribution < -0.4 is 4.90 Å². The van der Waals surface area contributed by atoms with Gasteiger partial charge in [0.05, 0.1) is 0 Å². The SMILES string of the molecule is Cc1c(-c2cccc(N(c3ccc(-c4ccc(-c5cccc6ccccc56)cc4)cc3)c3ccc(-c4cccc5ccccc45)cc3)c2)oc2ccccc12. The van der Waals surface area contributed by atoms with Gasteiger partial charge >= 0.3 is 0 Å². The predicted octanol–water partition coefficient (Wildman–Crippen LogP) is 15.2. The lowest BCUT2D eigenvalue weighted by Crippen LogP contribution is -2.10. The van der Waals surface area contributed by atoms with Crippen LogP contribution in [-0.2, 0) is 0 Å². The second kappa shape index (κ2) is 13.7. The maximum atomic E-state index is 6.43. The van der Waals surface area contributed by atoms with Gasteiger partial charge in [0.15, 0.2) is 0 Å². The number of hydrogen-bond acceptors (Lipinski definition) is 2. The number of anilines is 3. The first-order chi connectivity index (χ1) is 27.2. The first-order valence-corrected chi connectivity index (χ1v) is 18.8. The van der Waals surface area contributed by atoms with Crippen LogP contribution in [0.2, 0.25) is 0 Å². The third-order valence-electron chi connectivity index (χ3n) is 10.9. The number of nitrogens with zero attached hydrogens (tertiary/aromatic N) is 1. The Kier molecular flexibility index (Phi) is 8.08. The summed E-state index contributed by atoms with van der Waals surface area (Å²) in [5.74, 6) is 0.900. The molecule has 0 aliphatic rings. The molecule has 0 saturated carbocycles. The molecule has 0 bridgehead atoms. The van der Waals surface area contributed by atoms with E-state index in [1.54, 1.807) is 0 Å². The van der Waals surface area contributed by atoms with Gasteiger partial charge in [0.1, 0.15) is 11.3 Å². The van der Waals surface area contributed by atoms with Crippen molar-refractivity contribution in [2.24, 2.45) is 0 Å². The molecule has 55 heavy (non-hydrogen) atoms. The third kappa shape index (κ3) is 5.95. The van der Waals surface area contributed by atoms with Crippen LogP contribution in [-0.4, -0.2) is 0 Å². The first-order valence-electron chi connectivity index (χ1n) is 18.8. The topological polar surface area (TPSA) is 16.4 Å². The van der Waals surface area contributed by atoms with Crippen LogP contribution in [0.15, 0.2) is 211 Å². The van der Waals surface area contributed by atoms with Crippen LogP contribution in [0.1, 0.15) is 5.56 Å². The van der Waals surface area contributed by atoms with Gasteiger partial charge in [-0.1, -0.05) is 164 Å². The Morgan fingerprint density at radius 1 is 0.345 bits per heavy atom. The van der Waals surface area contributed by atoms with Crippen LogP contribution in [0.5, 0.6) is 0 Å². The molecule has 0 unspecified atom stereocenters. The lowest BCUT2D eigenvalue weighted by Gasteiger charge is -2.26.